The van der Waals surface area contributed by atoms with Crippen LogP contribution in [0.25, 0.3) is 21.5 Å². The van der Waals surface area contributed by atoms with Gasteiger partial charge in [-0.25, -0.2) is 9.59 Å². The number of methoxy groups -OCH3 is 2. The number of rotatable bonds is 14. The van der Waals surface area contributed by atoms with E-state index in [2.05, 4.69) is 10.6 Å². The highest BCUT2D eigenvalue weighted by Crippen LogP contribution is 2.42. The number of benzene rings is 3. The van der Waals surface area contributed by atoms with E-state index < -0.39 is 24.4 Å². The highest BCUT2D eigenvalue weighted by atomic mass is 16.6. The van der Waals surface area contributed by atoms with Gasteiger partial charge < -0.3 is 39.1 Å². The molecular formula is C28H36N2O8. The van der Waals surface area contributed by atoms with Crippen LogP contribution in [0.4, 0.5) is 9.59 Å². The summed E-state index contributed by atoms with van der Waals surface area (Å²) in [5, 5.41) is 8.52. The highest BCUT2D eigenvalue weighted by Gasteiger charge is 2.21. The van der Waals surface area contributed by atoms with Crippen LogP contribution >= 0.6 is 0 Å². The molecule has 0 aliphatic rings. The van der Waals surface area contributed by atoms with Gasteiger partial charge in [-0.2, -0.15) is 0 Å². The lowest BCUT2D eigenvalue weighted by atomic mass is 10.0. The molecule has 3 aromatic rings. The number of fused-ring (bicyclic) bond motifs is 2. The van der Waals surface area contributed by atoms with Gasteiger partial charge in [0.1, 0.15) is 24.7 Å². The normalized spacial score (nSPS) is 12.5. The molecule has 206 valence electrons. The molecule has 3 rings (SSSR count). The van der Waals surface area contributed by atoms with Gasteiger partial charge in [0.05, 0.1) is 13.2 Å². The number of ether oxygens (including phenoxy) is 6. The number of carbonyl (C=O) groups excluding carboxylic acids is 2. The van der Waals surface area contributed by atoms with Crippen molar-refractivity contribution >= 4 is 33.7 Å². The number of carbonyl (C=O) groups is 2. The first-order chi connectivity index (χ1) is 18.5. The first-order valence-corrected chi connectivity index (χ1v) is 12.6. The van der Waals surface area contributed by atoms with E-state index in [-0.39, 0.29) is 26.4 Å². The van der Waals surface area contributed by atoms with Crippen molar-refractivity contribution in [2.75, 3.05) is 53.7 Å². The van der Waals surface area contributed by atoms with Gasteiger partial charge in [0, 0.05) is 48.9 Å². The largest absolute Gasteiger partial charge is 0.488 e. The second-order valence-electron chi connectivity index (χ2n) is 8.40. The summed E-state index contributed by atoms with van der Waals surface area (Å²) in [6.45, 7) is 5.08. The number of amides is 2. The van der Waals surface area contributed by atoms with E-state index in [0.29, 0.717) is 24.6 Å². The fourth-order valence-electron chi connectivity index (χ4n) is 3.99. The second kappa shape index (κ2) is 14.8. The Morgan fingerprint density at radius 2 is 0.974 bits per heavy atom. The topological polar surface area (TPSA) is 114 Å². The molecule has 0 aliphatic heterocycles. The average molecular weight is 529 g/mol. The Labute approximate surface area is 222 Å². The third-order valence-electron chi connectivity index (χ3n) is 5.55. The van der Waals surface area contributed by atoms with Crippen molar-refractivity contribution in [1.82, 2.24) is 10.6 Å². The van der Waals surface area contributed by atoms with Gasteiger partial charge in [0.25, 0.3) is 0 Å². The standard InChI is InChI=1S/C28H36N2O8/c1-5-29-27(31)37-19(15-33-3)17-35-25-21-11-7-9-13-23(21)26(24-14-10-8-12-22(24)25)36-18-20(16-34-4)38-28(32)30-6-2/h7-14,19-20H,5-6,15-18H2,1-4H3,(H,29,31)(H,30,32). The Morgan fingerprint density at radius 1 is 0.632 bits per heavy atom. The number of hydrogen-bond donors (Lipinski definition) is 2. The molecule has 38 heavy (non-hydrogen) atoms. The Bertz CT molecular complexity index is 1050. The molecule has 2 atom stereocenters. The molecule has 0 radical (unpaired) electrons. The molecule has 2 amide bonds. The minimum atomic E-state index is -0.610. The molecule has 0 heterocycles. The highest BCUT2D eigenvalue weighted by molar-refractivity contribution is 6.11. The second-order valence-corrected chi connectivity index (χ2v) is 8.40. The Hall–Kier alpha value is -3.76. The van der Waals surface area contributed by atoms with E-state index in [0.717, 1.165) is 21.5 Å². The third-order valence-corrected chi connectivity index (χ3v) is 5.55. The number of nitrogens with one attached hydrogen (secondary N) is 2. The van der Waals surface area contributed by atoms with Crippen molar-refractivity contribution in [2.45, 2.75) is 26.1 Å². The molecule has 2 unspecified atom stereocenters. The first-order valence-electron chi connectivity index (χ1n) is 12.6. The smallest absolute Gasteiger partial charge is 0.407 e. The molecule has 10 heteroatoms. The molecule has 0 spiro atoms. The average Bonchev–Trinajstić information content (AvgIpc) is 2.90. The van der Waals surface area contributed by atoms with E-state index in [4.69, 9.17) is 28.4 Å². The van der Waals surface area contributed by atoms with Gasteiger partial charge in [-0.15, -0.1) is 0 Å². The summed E-state index contributed by atoms with van der Waals surface area (Å²) >= 11 is 0. The van der Waals surface area contributed by atoms with Gasteiger partial charge in [-0.1, -0.05) is 48.5 Å². The molecule has 0 bridgehead atoms. The van der Waals surface area contributed by atoms with Crippen LogP contribution in [-0.2, 0) is 18.9 Å². The summed E-state index contributed by atoms with van der Waals surface area (Å²) in [5.74, 6) is 1.27. The van der Waals surface area contributed by atoms with Crippen LogP contribution in [0.3, 0.4) is 0 Å². The van der Waals surface area contributed by atoms with Crippen LogP contribution in [0.1, 0.15) is 13.8 Å². The fraction of sp³-hybridized carbons (Fsp3) is 0.429. The lowest BCUT2D eigenvalue weighted by molar-refractivity contribution is 0.0141. The maximum absolute atomic E-state index is 12.0. The van der Waals surface area contributed by atoms with Gasteiger partial charge in [0.15, 0.2) is 12.2 Å². The zero-order chi connectivity index (χ0) is 27.3. The molecule has 10 nitrogen and oxygen atoms in total. The summed E-state index contributed by atoms with van der Waals surface area (Å²) < 4.78 is 33.9. The summed E-state index contributed by atoms with van der Waals surface area (Å²) in [7, 11) is 3.08. The van der Waals surface area contributed by atoms with Crippen molar-refractivity contribution in [3.63, 3.8) is 0 Å². The Balaban J connectivity index is 1.93. The maximum atomic E-state index is 12.0. The van der Waals surface area contributed by atoms with Crippen LogP contribution in [-0.4, -0.2) is 78.1 Å². The summed E-state index contributed by atoms with van der Waals surface area (Å²) in [6, 6.07) is 15.4. The Kier molecular flexibility index (Phi) is 11.3. The van der Waals surface area contributed by atoms with Gasteiger partial charge >= 0.3 is 12.2 Å². The predicted molar refractivity (Wildman–Crippen MR) is 144 cm³/mol. The van der Waals surface area contributed by atoms with Gasteiger partial charge in [-0.3, -0.25) is 0 Å². The lowest BCUT2D eigenvalue weighted by Crippen LogP contribution is -2.34. The van der Waals surface area contributed by atoms with E-state index in [1.165, 1.54) is 14.2 Å². The van der Waals surface area contributed by atoms with Crippen molar-refractivity contribution in [1.29, 1.82) is 0 Å². The van der Waals surface area contributed by atoms with Gasteiger partial charge in [0.2, 0.25) is 0 Å². The minimum absolute atomic E-state index is 0.0927. The molecule has 0 saturated heterocycles. The Morgan fingerprint density at radius 3 is 1.26 bits per heavy atom. The van der Waals surface area contributed by atoms with E-state index in [1.54, 1.807) is 0 Å². The molecule has 2 N–H and O–H groups in total. The van der Waals surface area contributed by atoms with E-state index in [1.807, 2.05) is 62.4 Å². The van der Waals surface area contributed by atoms with Crippen molar-refractivity contribution < 1.29 is 38.0 Å². The monoisotopic (exact) mass is 528 g/mol. The van der Waals surface area contributed by atoms with E-state index >= 15 is 0 Å². The predicted octanol–water partition coefficient (Wildman–Crippen LogP) is 4.27. The number of hydrogen-bond acceptors (Lipinski definition) is 8. The van der Waals surface area contributed by atoms with Gasteiger partial charge in [-0.05, 0) is 13.8 Å². The molecule has 0 saturated carbocycles. The molecule has 0 aliphatic carbocycles. The first kappa shape index (κ1) is 28.8. The van der Waals surface area contributed by atoms with Crippen LogP contribution in [0.15, 0.2) is 48.5 Å². The van der Waals surface area contributed by atoms with Crippen LogP contribution in [0.5, 0.6) is 11.5 Å². The fourth-order valence-corrected chi connectivity index (χ4v) is 3.99. The summed E-state index contributed by atoms with van der Waals surface area (Å²) in [5.41, 5.74) is 0. The van der Waals surface area contributed by atoms with Crippen LogP contribution in [0.2, 0.25) is 0 Å². The van der Waals surface area contributed by atoms with Crippen LogP contribution < -0.4 is 20.1 Å². The summed E-state index contributed by atoms with van der Waals surface area (Å²) in [4.78, 5) is 24.0. The zero-order valence-corrected chi connectivity index (χ0v) is 22.3. The minimum Gasteiger partial charge on any atom is -0.488 e. The zero-order valence-electron chi connectivity index (χ0n) is 22.3. The lowest BCUT2D eigenvalue weighted by Gasteiger charge is -2.22. The summed E-state index contributed by atoms with van der Waals surface area (Å²) in [6.07, 6.45) is -2.28. The maximum Gasteiger partial charge on any atom is 0.407 e. The van der Waals surface area contributed by atoms with Crippen molar-refractivity contribution in [3.8, 4) is 11.5 Å². The molecule has 0 fully saturated rings. The number of alkyl carbamates (subject to hydrolysis) is 2. The molecule has 0 aromatic heterocycles. The van der Waals surface area contributed by atoms with E-state index in [9.17, 15) is 9.59 Å². The van der Waals surface area contributed by atoms with Crippen LogP contribution in [0, 0.1) is 0 Å². The SMILES string of the molecule is CCNC(=O)OC(COC)COc1c2ccccc2c(OCC(COC)OC(=O)NCC)c2ccccc12. The quantitative estimate of drug-likeness (QED) is 0.298. The van der Waals surface area contributed by atoms with Crippen molar-refractivity contribution in [2.24, 2.45) is 0 Å². The third kappa shape index (κ3) is 7.62. The van der Waals surface area contributed by atoms with Crippen molar-refractivity contribution in [3.05, 3.63) is 48.5 Å². The molecule has 3 aromatic carbocycles. The molecular weight excluding hydrogens is 492 g/mol.